The molecule has 2 aliphatic heterocycles. The molecule has 0 amide bonds. The van der Waals surface area contributed by atoms with Gasteiger partial charge in [-0.15, -0.1) is 0 Å². The first-order chi connectivity index (χ1) is 6.18. The number of hydrogen-bond donors (Lipinski definition) is 1. The summed E-state index contributed by atoms with van der Waals surface area (Å²) in [6, 6.07) is 1.47. The Morgan fingerprint density at radius 3 is 2.23 bits per heavy atom. The highest BCUT2D eigenvalue weighted by molar-refractivity contribution is 4.92. The number of rotatable bonds is 1. The van der Waals surface area contributed by atoms with Crippen molar-refractivity contribution in [3.05, 3.63) is 0 Å². The van der Waals surface area contributed by atoms with E-state index in [0.717, 1.165) is 26.1 Å². The summed E-state index contributed by atoms with van der Waals surface area (Å²) in [5, 5.41) is 9.63. The van der Waals surface area contributed by atoms with Crippen LogP contribution in [0.25, 0.3) is 0 Å². The molecule has 2 saturated heterocycles. The van der Waals surface area contributed by atoms with Crippen molar-refractivity contribution >= 4 is 0 Å². The summed E-state index contributed by atoms with van der Waals surface area (Å²) in [5.41, 5.74) is 0. The van der Waals surface area contributed by atoms with Crippen LogP contribution in [-0.2, 0) is 4.74 Å². The summed E-state index contributed by atoms with van der Waals surface area (Å²) in [6.45, 7) is 6.05. The fourth-order valence-corrected chi connectivity index (χ4v) is 2.76. The molecule has 1 N–H and O–H groups in total. The molecule has 3 nitrogen and oxygen atoms in total. The van der Waals surface area contributed by atoms with Crippen molar-refractivity contribution in [2.45, 2.75) is 50.9 Å². The van der Waals surface area contributed by atoms with Crippen LogP contribution in [0.1, 0.15) is 26.7 Å². The van der Waals surface area contributed by atoms with Crippen molar-refractivity contribution in [1.29, 1.82) is 0 Å². The molecule has 0 saturated carbocycles. The second-order valence-electron chi connectivity index (χ2n) is 4.51. The molecule has 2 bridgehead atoms. The molecule has 2 fully saturated rings. The van der Waals surface area contributed by atoms with E-state index in [-0.39, 0.29) is 6.10 Å². The standard InChI is InChI=1S/C10H19NO2/c1-7(2)11-8-3-10(12)4-9(11)6-13-5-8/h7-10,12H,3-6H2,1-2H3/t8-,9?,10-/m0/s1. The number of piperidine rings is 1. The van der Waals surface area contributed by atoms with Gasteiger partial charge in [0.1, 0.15) is 0 Å². The zero-order valence-electron chi connectivity index (χ0n) is 8.44. The predicted molar refractivity (Wildman–Crippen MR) is 50.6 cm³/mol. The fraction of sp³-hybridized carbons (Fsp3) is 1.00. The lowest BCUT2D eigenvalue weighted by Gasteiger charge is -2.49. The van der Waals surface area contributed by atoms with Crippen LogP contribution in [0.15, 0.2) is 0 Å². The van der Waals surface area contributed by atoms with Gasteiger partial charge in [-0.05, 0) is 26.7 Å². The third-order valence-electron chi connectivity index (χ3n) is 3.15. The van der Waals surface area contributed by atoms with E-state index in [1.165, 1.54) is 0 Å². The monoisotopic (exact) mass is 185 g/mol. The molecule has 13 heavy (non-hydrogen) atoms. The van der Waals surface area contributed by atoms with Gasteiger partial charge in [0.05, 0.1) is 19.3 Å². The van der Waals surface area contributed by atoms with E-state index < -0.39 is 0 Å². The Kier molecular flexibility index (Phi) is 2.58. The fourth-order valence-electron chi connectivity index (χ4n) is 2.76. The molecule has 0 aliphatic carbocycles. The molecule has 3 heteroatoms. The highest BCUT2D eigenvalue weighted by atomic mass is 16.5. The van der Waals surface area contributed by atoms with Gasteiger partial charge in [0.2, 0.25) is 0 Å². The van der Waals surface area contributed by atoms with Crippen molar-refractivity contribution in [2.75, 3.05) is 13.2 Å². The van der Waals surface area contributed by atoms with Gasteiger partial charge >= 0.3 is 0 Å². The van der Waals surface area contributed by atoms with Crippen LogP contribution >= 0.6 is 0 Å². The Morgan fingerprint density at radius 1 is 1.23 bits per heavy atom. The Balaban J connectivity index is 2.10. The van der Waals surface area contributed by atoms with Crippen molar-refractivity contribution in [3.63, 3.8) is 0 Å². The number of aliphatic hydroxyl groups is 1. The van der Waals surface area contributed by atoms with E-state index in [2.05, 4.69) is 18.7 Å². The van der Waals surface area contributed by atoms with Gasteiger partial charge in [-0.2, -0.15) is 0 Å². The maximum atomic E-state index is 9.63. The van der Waals surface area contributed by atoms with Crippen LogP contribution in [-0.4, -0.2) is 47.4 Å². The van der Waals surface area contributed by atoms with E-state index in [1.807, 2.05) is 0 Å². The average molecular weight is 185 g/mol. The molecular weight excluding hydrogens is 166 g/mol. The van der Waals surface area contributed by atoms with Crippen LogP contribution in [0, 0.1) is 0 Å². The van der Waals surface area contributed by atoms with Crippen LogP contribution in [0.3, 0.4) is 0 Å². The number of hydrogen-bond acceptors (Lipinski definition) is 3. The summed E-state index contributed by atoms with van der Waals surface area (Å²) in [5.74, 6) is 0. The largest absolute Gasteiger partial charge is 0.393 e. The molecule has 76 valence electrons. The second kappa shape index (κ2) is 3.56. The summed E-state index contributed by atoms with van der Waals surface area (Å²) in [6.07, 6.45) is 1.66. The zero-order valence-corrected chi connectivity index (χ0v) is 8.44. The van der Waals surface area contributed by atoms with Crippen LogP contribution < -0.4 is 0 Å². The van der Waals surface area contributed by atoms with Crippen LogP contribution in [0.2, 0.25) is 0 Å². The Bertz CT molecular complexity index is 170. The zero-order chi connectivity index (χ0) is 9.42. The minimum Gasteiger partial charge on any atom is -0.393 e. The molecule has 0 aromatic heterocycles. The van der Waals surface area contributed by atoms with E-state index in [9.17, 15) is 5.11 Å². The summed E-state index contributed by atoms with van der Waals surface area (Å²) in [7, 11) is 0. The van der Waals surface area contributed by atoms with Gasteiger partial charge in [-0.25, -0.2) is 0 Å². The second-order valence-corrected chi connectivity index (χ2v) is 4.51. The minimum absolute atomic E-state index is 0.103. The maximum Gasteiger partial charge on any atom is 0.0623 e. The van der Waals surface area contributed by atoms with Gasteiger partial charge in [-0.1, -0.05) is 0 Å². The van der Waals surface area contributed by atoms with Gasteiger partial charge in [-0.3, -0.25) is 4.90 Å². The van der Waals surface area contributed by atoms with Gasteiger partial charge in [0.25, 0.3) is 0 Å². The number of ether oxygens (including phenoxy) is 1. The molecule has 2 aliphatic rings. The summed E-state index contributed by atoms with van der Waals surface area (Å²) in [4.78, 5) is 2.51. The molecule has 0 aromatic rings. The van der Waals surface area contributed by atoms with Crippen LogP contribution in [0.4, 0.5) is 0 Å². The quantitative estimate of drug-likeness (QED) is 0.650. The SMILES string of the molecule is CC(C)N1C2COC[C@@H]1C[C@H](O)C2. The lowest BCUT2D eigenvalue weighted by molar-refractivity contribution is -0.116. The molecule has 2 rings (SSSR count). The van der Waals surface area contributed by atoms with Crippen molar-refractivity contribution < 1.29 is 9.84 Å². The van der Waals surface area contributed by atoms with Crippen LogP contribution in [0.5, 0.6) is 0 Å². The average Bonchev–Trinajstić information content (AvgIpc) is 2.01. The molecule has 0 radical (unpaired) electrons. The Labute approximate surface area is 79.7 Å². The molecular formula is C10H19NO2. The lowest BCUT2D eigenvalue weighted by atomic mass is 9.91. The summed E-state index contributed by atoms with van der Waals surface area (Å²) < 4.78 is 5.51. The molecule has 0 spiro atoms. The Morgan fingerprint density at radius 2 is 1.77 bits per heavy atom. The third-order valence-corrected chi connectivity index (χ3v) is 3.15. The smallest absolute Gasteiger partial charge is 0.0623 e. The lowest BCUT2D eigenvalue weighted by Crippen LogP contribution is -2.60. The number of aliphatic hydroxyl groups excluding tert-OH is 1. The molecule has 1 unspecified atom stereocenters. The minimum atomic E-state index is -0.103. The maximum absolute atomic E-state index is 9.63. The van der Waals surface area contributed by atoms with E-state index in [0.29, 0.717) is 18.1 Å². The number of fused-ring (bicyclic) bond motifs is 2. The first kappa shape index (κ1) is 9.44. The van der Waals surface area contributed by atoms with Gasteiger partial charge in [0, 0.05) is 18.1 Å². The molecule has 2 heterocycles. The van der Waals surface area contributed by atoms with Gasteiger partial charge < -0.3 is 9.84 Å². The summed E-state index contributed by atoms with van der Waals surface area (Å²) >= 11 is 0. The van der Waals surface area contributed by atoms with E-state index >= 15 is 0 Å². The highest BCUT2D eigenvalue weighted by Gasteiger charge is 2.39. The predicted octanol–water partition coefficient (Wildman–Crippen LogP) is 0.619. The third kappa shape index (κ3) is 1.73. The molecule has 3 atom stereocenters. The first-order valence-electron chi connectivity index (χ1n) is 5.21. The van der Waals surface area contributed by atoms with Crippen molar-refractivity contribution in [1.82, 2.24) is 4.90 Å². The topological polar surface area (TPSA) is 32.7 Å². The Hall–Kier alpha value is -0.120. The molecule has 0 aromatic carbocycles. The highest BCUT2D eigenvalue weighted by Crippen LogP contribution is 2.29. The van der Waals surface area contributed by atoms with Crippen molar-refractivity contribution in [2.24, 2.45) is 0 Å². The van der Waals surface area contributed by atoms with E-state index in [1.54, 1.807) is 0 Å². The van der Waals surface area contributed by atoms with E-state index in [4.69, 9.17) is 4.74 Å². The van der Waals surface area contributed by atoms with Crippen molar-refractivity contribution in [3.8, 4) is 0 Å². The first-order valence-corrected chi connectivity index (χ1v) is 5.21. The van der Waals surface area contributed by atoms with Gasteiger partial charge in [0.15, 0.2) is 0 Å². The number of nitrogens with zero attached hydrogens (tertiary/aromatic N) is 1. The number of morpholine rings is 1. The normalized spacial score (nSPS) is 41.1.